The van der Waals surface area contributed by atoms with Gasteiger partial charge in [-0.15, -0.1) is 0 Å². The van der Waals surface area contributed by atoms with Gasteiger partial charge in [0.2, 0.25) is 5.91 Å². The number of carbonyl (C=O) groups is 1. The van der Waals surface area contributed by atoms with Crippen LogP contribution in [0.25, 0.3) is 0 Å². The highest BCUT2D eigenvalue weighted by atomic mass is 79.9. The highest BCUT2D eigenvalue weighted by Crippen LogP contribution is 2.37. The van der Waals surface area contributed by atoms with Gasteiger partial charge in [0, 0.05) is 30.0 Å². The molecule has 0 spiro atoms. The van der Waals surface area contributed by atoms with Gasteiger partial charge in [-0.05, 0) is 43.0 Å². The molecule has 2 aromatic carbocycles. The Morgan fingerprint density at radius 2 is 1.88 bits per heavy atom. The first-order chi connectivity index (χ1) is 12.5. The summed E-state index contributed by atoms with van der Waals surface area (Å²) in [5.41, 5.74) is 1.30. The topological polar surface area (TPSA) is 45.0 Å². The summed E-state index contributed by atoms with van der Waals surface area (Å²) in [5.74, 6) is -0.0557. The SMILES string of the molecule is CC(=O)N1CCC(C(N=Nc2ccccc2)c2ccc(Br)cc2F)CC1. The first kappa shape index (κ1) is 18.7. The lowest BCUT2D eigenvalue weighted by Crippen LogP contribution is -2.38. The molecule has 3 rings (SSSR count). The standard InChI is InChI=1S/C20H21BrFN3O/c1-14(26)25-11-9-15(10-12-25)20(18-8-7-16(21)13-19(18)22)24-23-17-5-3-2-4-6-17/h2-8,13,15,20H,9-12H2,1H3. The Morgan fingerprint density at radius 3 is 2.50 bits per heavy atom. The van der Waals surface area contributed by atoms with Gasteiger partial charge in [-0.3, -0.25) is 4.79 Å². The van der Waals surface area contributed by atoms with Crippen LogP contribution in [0.2, 0.25) is 0 Å². The van der Waals surface area contributed by atoms with Crippen LogP contribution in [0.1, 0.15) is 31.4 Å². The summed E-state index contributed by atoms with van der Waals surface area (Å²) in [6, 6.07) is 14.2. The summed E-state index contributed by atoms with van der Waals surface area (Å²) in [4.78, 5) is 13.4. The van der Waals surface area contributed by atoms with Crippen LogP contribution >= 0.6 is 15.9 Å². The molecule has 1 aliphatic heterocycles. The number of nitrogens with zero attached hydrogens (tertiary/aromatic N) is 3. The second-order valence-electron chi connectivity index (χ2n) is 6.51. The molecule has 2 aromatic rings. The largest absolute Gasteiger partial charge is 0.343 e. The average molecular weight is 418 g/mol. The van der Waals surface area contributed by atoms with E-state index >= 15 is 0 Å². The molecule has 6 heteroatoms. The lowest BCUT2D eigenvalue weighted by molar-refractivity contribution is -0.130. The van der Waals surface area contributed by atoms with E-state index in [-0.39, 0.29) is 23.7 Å². The molecule has 1 aliphatic rings. The number of rotatable bonds is 4. The number of piperidine rings is 1. The number of hydrogen-bond acceptors (Lipinski definition) is 3. The van der Waals surface area contributed by atoms with Gasteiger partial charge in [-0.2, -0.15) is 10.2 Å². The van der Waals surface area contributed by atoms with Crippen LogP contribution in [-0.4, -0.2) is 23.9 Å². The monoisotopic (exact) mass is 417 g/mol. The first-order valence-electron chi connectivity index (χ1n) is 8.71. The summed E-state index contributed by atoms with van der Waals surface area (Å²) < 4.78 is 15.3. The predicted octanol–water partition coefficient (Wildman–Crippen LogP) is 5.67. The molecule has 0 aliphatic carbocycles. The predicted molar refractivity (Wildman–Crippen MR) is 103 cm³/mol. The van der Waals surface area contributed by atoms with E-state index in [9.17, 15) is 9.18 Å². The van der Waals surface area contributed by atoms with Crippen molar-refractivity contribution in [1.82, 2.24) is 4.90 Å². The number of amides is 1. The van der Waals surface area contributed by atoms with Crippen LogP contribution in [-0.2, 0) is 4.79 Å². The molecule has 0 bridgehead atoms. The lowest BCUT2D eigenvalue weighted by atomic mass is 9.85. The molecule has 0 radical (unpaired) electrons. The van der Waals surface area contributed by atoms with Gasteiger partial charge in [0.1, 0.15) is 11.9 Å². The minimum absolute atomic E-state index is 0.0840. The summed E-state index contributed by atoms with van der Waals surface area (Å²) >= 11 is 3.30. The van der Waals surface area contributed by atoms with Crippen LogP contribution in [0.5, 0.6) is 0 Å². The zero-order valence-electron chi connectivity index (χ0n) is 14.6. The fraction of sp³-hybridized carbons (Fsp3) is 0.350. The van der Waals surface area contributed by atoms with E-state index in [0.717, 1.165) is 18.5 Å². The molecule has 0 N–H and O–H groups in total. The van der Waals surface area contributed by atoms with E-state index in [1.807, 2.05) is 41.3 Å². The average Bonchev–Trinajstić information content (AvgIpc) is 2.64. The normalized spacial score (nSPS) is 16.8. The Bertz CT molecular complexity index is 789. The zero-order valence-corrected chi connectivity index (χ0v) is 16.2. The Morgan fingerprint density at radius 1 is 1.19 bits per heavy atom. The highest BCUT2D eigenvalue weighted by molar-refractivity contribution is 9.10. The van der Waals surface area contributed by atoms with Crippen molar-refractivity contribution in [2.75, 3.05) is 13.1 Å². The van der Waals surface area contributed by atoms with Crippen molar-refractivity contribution in [2.45, 2.75) is 25.8 Å². The maximum absolute atomic E-state index is 14.6. The van der Waals surface area contributed by atoms with Crippen molar-refractivity contribution in [3.8, 4) is 0 Å². The smallest absolute Gasteiger partial charge is 0.219 e. The Balaban J connectivity index is 1.87. The van der Waals surface area contributed by atoms with Gasteiger partial charge in [-0.1, -0.05) is 40.2 Å². The summed E-state index contributed by atoms with van der Waals surface area (Å²) in [7, 11) is 0. The Hall–Kier alpha value is -2.08. The minimum atomic E-state index is -0.364. The third kappa shape index (κ3) is 4.55. The number of hydrogen-bond donors (Lipinski definition) is 0. The Kier molecular flexibility index (Phi) is 6.14. The first-order valence-corrected chi connectivity index (χ1v) is 9.50. The van der Waals surface area contributed by atoms with Crippen LogP contribution in [0, 0.1) is 11.7 Å². The van der Waals surface area contributed by atoms with Crippen molar-refractivity contribution < 1.29 is 9.18 Å². The van der Waals surface area contributed by atoms with Crippen molar-refractivity contribution >= 4 is 27.5 Å². The molecule has 1 unspecified atom stereocenters. The van der Waals surface area contributed by atoms with Crippen molar-refractivity contribution in [1.29, 1.82) is 0 Å². The lowest BCUT2D eigenvalue weighted by Gasteiger charge is -2.34. The van der Waals surface area contributed by atoms with E-state index < -0.39 is 0 Å². The molecule has 26 heavy (non-hydrogen) atoms. The van der Waals surface area contributed by atoms with E-state index in [2.05, 4.69) is 26.2 Å². The quantitative estimate of drug-likeness (QED) is 0.590. The van der Waals surface area contributed by atoms with Crippen molar-refractivity contribution in [3.63, 3.8) is 0 Å². The molecule has 1 heterocycles. The van der Waals surface area contributed by atoms with Gasteiger partial charge in [-0.25, -0.2) is 4.39 Å². The molecule has 0 aromatic heterocycles. The number of halogens is 2. The van der Waals surface area contributed by atoms with E-state index in [0.29, 0.717) is 23.1 Å². The van der Waals surface area contributed by atoms with Crippen LogP contribution in [0.3, 0.4) is 0 Å². The van der Waals surface area contributed by atoms with Crippen LogP contribution in [0.4, 0.5) is 10.1 Å². The maximum atomic E-state index is 14.6. The molecular formula is C20H21BrFN3O. The number of carbonyl (C=O) groups excluding carboxylic acids is 1. The third-order valence-electron chi connectivity index (χ3n) is 4.77. The molecule has 1 fully saturated rings. The van der Waals surface area contributed by atoms with E-state index in [1.54, 1.807) is 13.0 Å². The maximum Gasteiger partial charge on any atom is 0.219 e. The molecule has 4 nitrogen and oxygen atoms in total. The molecule has 0 saturated carbocycles. The number of likely N-dealkylation sites (tertiary alicyclic amines) is 1. The molecule has 1 amide bonds. The second-order valence-corrected chi connectivity index (χ2v) is 7.42. The van der Waals surface area contributed by atoms with Crippen LogP contribution in [0.15, 0.2) is 63.2 Å². The highest BCUT2D eigenvalue weighted by Gasteiger charge is 2.30. The third-order valence-corrected chi connectivity index (χ3v) is 5.26. The van der Waals surface area contributed by atoms with Gasteiger partial charge in [0.05, 0.1) is 5.69 Å². The second kappa shape index (κ2) is 8.54. The van der Waals surface area contributed by atoms with Gasteiger partial charge in [0.25, 0.3) is 0 Å². The van der Waals surface area contributed by atoms with Gasteiger partial charge >= 0.3 is 0 Å². The number of azo groups is 1. The Labute approximate surface area is 161 Å². The summed E-state index contributed by atoms with van der Waals surface area (Å²) in [6.07, 6.45) is 1.57. The molecular weight excluding hydrogens is 397 g/mol. The summed E-state index contributed by atoms with van der Waals surface area (Å²) in [5, 5.41) is 8.86. The summed E-state index contributed by atoms with van der Waals surface area (Å²) in [6.45, 7) is 2.94. The van der Waals surface area contributed by atoms with Gasteiger partial charge in [0.15, 0.2) is 0 Å². The number of benzene rings is 2. The fourth-order valence-electron chi connectivity index (χ4n) is 3.31. The molecule has 1 atom stereocenters. The zero-order chi connectivity index (χ0) is 18.5. The minimum Gasteiger partial charge on any atom is -0.343 e. The van der Waals surface area contributed by atoms with E-state index in [1.165, 1.54) is 6.07 Å². The van der Waals surface area contributed by atoms with Crippen molar-refractivity contribution in [2.24, 2.45) is 16.1 Å². The molecule has 136 valence electrons. The molecule has 1 saturated heterocycles. The van der Waals surface area contributed by atoms with Crippen molar-refractivity contribution in [3.05, 3.63) is 64.4 Å². The fourth-order valence-corrected chi connectivity index (χ4v) is 3.64. The van der Waals surface area contributed by atoms with Crippen LogP contribution < -0.4 is 0 Å². The van der Waals surface area contributed by atoms with Gasteiger partial charge < -0.3 is 4.90 Å². The van der Waals surface area contributed by atoms with E-state index in [4.69, 9.17) is 0 Å².